The Hall–Kier alpha value is -3.00. The second kappa shape index (κ2) is 9.00. The lowest BCUT2D eigenvalue weighted by Gasteiger charge is -2.11. The minimum absolute atomic E-state index is 0.0498. The van der Waals surface area contributed by atoms with Crippen molar-refractivity contribution >= 4 is 10.8 Å². The average Bonchev–Trinajstić information content (AvgIpc) is 2.69. The van der Waals surface area contributed by atoms with Gasteiger partial charge in [-0.15, -0.1) is 13.2 Å². The third kappa shape index (κ3) is 5.74. The molecule has 0 aliphatic heterocycles. The average molecular weight is 400 g/mol. The first-order chi connectivity index (χ1) is 13.9. The van der Waals surface area contributed by atoms with Crippen molar-refractivity contribution in [3.8, 4) is 17.6 Å². The lowest BCUT2D eigenvalue weighted by molar-refractivity contribution is -0.275. The molecule has 0 bridgehead atoms. The summed E-state index contributed by atoms with van der Waals surface area (Å²) in [7, 11) is 0. The third-order valence-corrected chi connectivity index (χ3v) is 4.52. The van der Waals surface area contributed by atoms with Crippen molar-refractivity contribution < 1.29 is 22.3 Å². The number of benzene rings is 3. The van der Waals surface area contributed by atoms with Crippen molar-refractivity contribution in [2.24, 2.45) is 0 Å². The number of fused-ring (bicyclic) bond motifs is 1. The molecule has 0 N–H and O–H groups in total. The van der Waals surface area contributed by atoms with Crippen LogP contribution in [0.25, 0.3) is 10.8 Å². The smallest absolute Gasteiger partial charge is 0.403 e. The van der Waals surface area contributed by atoms with Crippen molar-refractivity contribution in [2.45, 2.75) is 39.0 Å². The van der Waals surface area contributed by atoms with Gasteiger partial charge in [0.2, 0.25) is 0 Å². The predicted molar refractivity (Wildman–Crippen MR) is 106 cm³/mol. The molecule has 0 radical (unpaired) electrons. The molecule has 0 heterocycles. The fraction of sp³-hybridized carbons (Fsp3) is 0.250. The van der Waals surface area contributed by atoms with Gasteiger partial charge in [-0.25, -0.2) is 4.39 Å². The number of alkyl halides is 3. The molecule has 3 aromatic rings. The number of rotatable bonds is 5. The van der Waals surface area contributed by atoms with Gasteiger partial charge in [-0.05, 0) is 54.1 Å². The Morgan fingerprint density at radius 1 is 0.862 bits per heavy atom. The van der Waals surface area contributed by atoms with Crippen molar-refractivity contribution in [1.29, 1.82) is 0 Å². The SMILES string of the molecule is CCCCCc1ccc(C#Cc2ccc3c(F)c(OC(F)(F)F)ccc3c2)cc1. The second-order valence-electron chi connectivity index (χ2n) is 6.77. The van der Waals surface area contributed by atoms with Gasteiger partial charge in [-0.2, -0.15) is 0 Å². The molecule has 0 aliphatic rings. The van der Waals surface area contributed by atoms with E-state index in [1.54, 1.807) is 12.1 Å². The van der Waals surface area contributed by atoms with Gasteiger partial charge in [0.05, 0.1) is 0 Å². The first kappa shape index (κ1) is 20.7. The van der Waals surface area contributed by atoms with Crippen LogP contribution in [-0.4, -0.2) is 6.36 Å². The lowest BCUT2D eigenvalue weighted by Crippen LogP contribution is -2.17. The van der Waals surface area contributed by atoms with Crippen LogP contribution in [0.15, 0.2) is 54.6 Å². The van der Waals surface area contributed by atoms with Crippen LogP contribution in [0.4, 0.5) is 17.6 Å². The van der Waals surface area contributed by atoms with Crippen molar-refractivity contribution in [3.05, 3.63) is 77.1 Å². The molecule has 0 fully saturated rings. The van der Waals surface area contributed by atoms with Gasteiger partial charge in [0.15, 0.2) is 11.6 Å². The maximum Gasteiger partial charge on any atom is 0.573 e. The molecular formula is C24H20F4O. The minimum Gasteiger partial charge on any atom is -0.403 e. The van der Waals surface area contributed by atoms with Crippen LogP contribution in [0.3, 0.4) is 0 Å². The molecule has 3 rings (SSSR count). The molecule has 29 heavy (non-hydrogen) atoms. The Labute approximate surface area is 167 Å². The quantitative estimate of drug-likeness (QED) is 0.254. The first-order valence-electron chi connectivity index (χ1n) is 9.44. The number of ether oxygens (including phenoxy) is 1. The molecule has 0 atom stereocenters. The maximum atomic E-state index is 14.3. The molecule has 0 amide bonds. The van der Waals surface area contributed by atoms with E-state index in [1.165, 1.54) is 37.0 Å². The fourth-order valence-electron chi connectivity index (χ4n) is 3.03. The van der Waals surface area contributed by atoms with Crippen LogP contribution >= 0.6 is 0 Å². The predicted octanol–water partition coefficient (Wildman–Crippen LogP) is 7.01. The van der Waals surface area contributed by atoms with Crippen LogP contribution in [-0.2, 0) is 6.42 Å². The van der Waals surface area contributed by atoms with Gasteiger partial charge >= 0.3 is 6.36 Å². The Kier molecular flexibility index (Phi) is 6.43. The summed E-state index contributed by atoms with van der Waals surface area (Å²) < 4.78 is 55.0. The molecule has 5 heteroatoms. The van der Waals surface area contributed by atoms with Crippen LogP contribution in [0, 0.1) is 17.7 Å². The van der Waals surface area contributed by atoms with Crippen molar-refractivity contribution in [1.82, 2.24) is 0 Å². The van der Waals surface area contributed by atoms with Crippen LogP contribution in [0.1, 0.15) is 42.9 Å². The molecule has 1 nitrogen and oxygen atoms in total. The summed E-state index contributed by atoms with van der Waals surface area (Å²) in [5.74, 6) is 4.19. The molecule has 0 aromatic heterocycles. The van der Waals surface area contributed by atoms with E-state index in [9.17, 15) is 17.6 Å². The van der Waals surface area contributed by atoms with E-state index in [2.05, 4.69) is 35.6 Å². The summed E-state index contributed by atoms with van der Waals surface area (Å²) in [6.45, 7) is 2.18. The van der Waals surface area contributed by atoms with Crippen molar-refractivity contribution in [3.63, 3.8) is 0 Å². The summed E-state index contributed by atoms with van der Waals surface area (Å²) in [6, 6.07) is 15.1. The Morgan fingerprint density at radius 3 is 2.24 bits per heavy atom. The fourth-order valence-corrected chi connectivity index (χ4v) is 3.03. The monoisotopic (exact) mass is 400 g/mol. The molecule has 0 saturated carbocycles. The molecular weight excluding hydrogens is 380 g/mol. The zero-order valence-corrected chi connectivity index (χ0v) is 15.9. The van der Waals surface area contributed by atoms with Crippen LogP contribution < -0.4 is 4.74 Å². The molecule has 0 aliphatic carbocycles. The molecule has 150 valence electrons. The zero-order chi connectivity index (χ0) is 20.9. The molecule has 0 spiro atoms. The highest BCUT2D eigenvalue weighted by molar-refractivity contribution is 5.86. The van der Waals surface area contributed by atoms with E-state index in [-0.39, 0.29) is 5.39 Å². The minimum atomic E-state index is -4.94. The van der Waals surface area contributed by atoms with E-state index in [0.29, 0.717) is 10.9 Å². The van der Waals surface area contributed by atoms with E-state index in [1.807, 2.05) is 12.1 Å². The van der Waals surface area contributed by atoms with E-state index in [0.717, 1.165) is 18.1 Å². The number of aryl methyl sites for hydroxylation is 1. The number of unbranched alkanes of at least 4 members (excludes halogenated alkanes) is 2. The normalized spacial score (nSPS) is 11.2. The number of hydrogen-bond donors (Lipinski definition) is 0. The van der Waals surface area contributed by atoms with Crippen LogP contribution in [0.5, 0.6) is 5.75 Å². The second-order valence-corrected chi connectivity index (χ2v) is 6.77. The van der Waals surface area contributed by atoms with Gasteiger partial charge in [0, 0.05) is 16.5 Å². The molecule has 3 aromatic carbocycles. The standard InChI is InChI=1S/C24H20F4O/c1-2-3-4-5-17-6-8-18(9-7-17)10-11-19-12-14-21-20(16-19)13-15-22(23(21)25)29-24(26,27)28/h6-9,12-16H,2-5H2,1H3. The highest BCUT2D eigenvalue weighted by atomic mass is 19.4. The van der Waals surface area contributed by atoms with Gasteiger partial charge in [-0.3, -0.25) is 0 Å². The molecule has 0 unspecified atom stereocenters. The van der Waals surface area contributed by atoms with Gasteiger partial charge in [-0.1, -0.05) is 55.9 Å². The van der Waals surface area contributed by atoms with Gasteiger partial charge in [0.25, 0.3) is 0 Å². The third-order valence-electron chi connectivity index (χ3n) is 4.52. The largest absolute Gasteiger partial charge is 0.573 e. The Morgan fingerprint density at radius 2 is 1.55 bits per heavy atom. The first-order valence-corrected chi connectivity index (χ1v) is 9.44. The van der Waals surface area contributed by atoms with E-state index < -0.39 is 17.9 Å². The maximum absolute atomic E-state index is 14.3. The van der Waals surface area contributed by atoms with Gasteiger partial charge in [0.1, 0.15) is 0 Å². The van der Waals surface area contributed by atoms with Gasteiger partial charge < -0.3 is 4.74 Å². The van der Waals surface area contributed by atoms with E-state index in [4.69, 9.17) is 0 Å². The summed E-state index contributed by atoms with van der Waals surface area (Å²) in [5.41, 5.74) is 2.79. The van der Waals surface area contributed by atoms with Crippen molar-refractivity contribution in [2.75, 3.05) is 0 Å². The molecule has 0 saturated heterocycles. The van der Waals surface area contributed by atoms with E-state index >= 15 is 0 Å². The lowest BCUT2D eigenvalue weighted by atomic mass is 10.0. The Bertz CT molecular complexity index is 1040. The number of halogens is 4. The Balaban J connectivity index is 1.77. The summed E-state index contributed by atoms with van der Waals surface area (Å²) in [4.78, 5) is 0. The topological polar surface area (TPSA) is 9.23 Å². The highest BCUT2D eigenvalue weighted by Gasteiger charge is 2.32. The summed E-state index contributed by atoms with van der Waals surface area (Å²) >= 11 is 0. The summed E-state index contributed by atoms with van der Waals surface area (Å²) in [5, 5.41) is 0.504. The highest BCUT2D eigenvalue weighted by Crippen LogP contribution is 2.31. The summed E-state index contributed by atoms with van der Waals surface area (Å²) in [6.07, 6.45) is -0.308. The number of hydrogen-bond acceptors (Lipinski definition) is 1. The van der Waals surface area contributed by atoms with Crippen LogP contribution in [0.2, 0.25) is 0 Å². The zero-order valence-electron chi connectivity index (χ0n) is 15.9.